The van der Waals surface area contributed by atoms with Gasteiger partial charge in [0, 0.05) is 61.3 Å². The second-order valence-electron chi connectivity index (χ2n) is 7.33. The lowest BCUT2D eigenvalue weighted by atomic mass is 10.1. The van der Waals surface area contributed by atoms with Crippen LogP contribution in [-0.4, -0.2) is 35.1 Å². The molecule has 0 aliphatic carbocycles. The highest BCUT2D eigenvalue weighted by Crippen LogP contribution is 2.26. The SMILES string of the molecule is CC1CN(c2ccc3cc(-c4cn5cc(F)cc(F)c5n4)c(=O)oc3c2)CCN1. The molecule has 1 aliphatic rings. The molecule has 0 amide bonds. The molecule has 3 aromatic heterocycles. The Labute approximate surface area is 164 Å². The van der Waals surface area contributed by atoms with E-state index in [1.165, 1.54) is 10.6 Å². The van der Waals surface area contributed by atoms with Gasteiger partial charge in [0.15, 0.2) is 11.5 Å². The van der Waals surface area contributed by atoms with Gasteiger partial charge in [-0.1, -0.05) is 0 Å². The van der Waals surface area contributed by atoms with E-state index in [1.807, 2.05) is 18.2 Å². The number of piperazine rings is 1. The first-order valence-corrected chi connectivity index (χ1v) is 9.38. The second-order valence-corrected chi connectivity index (χ2v) is 7.33. The summed E-state index contributed by atoms with van der Waals surface area (Å²) >= 11 is 0. The van der Waals surface area contributed by atoms with Crippen molar-refractivity contribution in [3.8, 4) is 11.3 Å². The van der Waals surface area contributed by atoms with Crippen molar-refractivity contribution in [1.82, 2.24) is 14.7 Å². The second kappa shape index (κ2) is 6.66. The Morgan fingerprint density at radius 2 is 2.07 bits per heavy atom. The van der Waals surface area contributed by atoms with E-state index in [0.29, 0.717) is 11.6 Å². The first-order valence-electron chi connectivity index (χ1n) is 9.38. The zero-order chi connectivity index (χ0) is 20.1. The van der Waals surface area contributed by atoms with Crippen LogP contribution in [0, 0.1) is 11.6 Å². The van der Waals surface area contributed by atoms with Gasteiger partial charge in [0.2, 0.25) is 0 Å². The number of fused-ring (bicyclic) bond motifs is 2. The zero-order valence-electron chi connectivity index (χ0n) is 15.7. The summed E-state index contributed by atoms with van der Waals surface area (Å²) in [6.07, 6.45) is 2.52. The molecular formula is C21H18F2N4O2. The van der Waals surface area contributed by atoms with Gasteiger partial charge in [-0.15, -0.1) is 0 Å². The fourth-order valence-corrected chi connectivity index (χ4v) is 3.80. The molecule has 1 aliphatic heterocycles. The van der Waals surface area contributed by atoms with E-state index in [9.17, 15) is 13.6 Å². The van der Waals surface area contributed by atoms with Gasteiger partial charge in [0.25, 0.3) is 0 Å². The van der Waals surface area contributed by atoms with Gasteiger partial charge in [0.05, 0.1) is 11.3 Å². The van der Waals surface area contributed by atoms with Crippen molar-refractivity contribution in [3.05, 3.63) is 64.8 Å². The van der Waals surface area contributed by atoms with E-state index in [2.05, 4.69) is 22.1 Å². The number of anilines is 1. The number of aromatic nitrogens is 2. The lowest BCUT2D eigenvalue weighted by Gasteiger charge is -2.33. The molecule has 1 N–H and O–H groups in total. The Kier molecular flexibility index (Phi) is 4.09. The van der Waals surface area contributed by atoms with Crippen LogP contribution in [0.4, 0.5) is 14.5 Å². The molecule has 1 fully saturated rings. The number of benzene rings is 1. The third-order valence-corrected chi connectivity index (χ3v) is 5.20. The van der Waals surface area contributed by atoms with Crippen molar-refractivity contribution in [2.75, 3.05) is 24.5 Å². The van der Waals surface area contributed by atoms with Crippen molar-refractivity contribution >= 4 is 22.3 Å². The quantitative estimate of drug-likeness (QED) is 0.528. The van der Waals surface area contributed by atoms with Gasteiger partial charge in [-0.2, -0.15) is 0 Å². The largest absolute Gasteiger partial charge is 0.422 e. The third kappa shape index (κ3) is 3.15. The van der Waals surface area contributed by atoms with Crippen molar-refractivity contribution in [3.63, 3.8) is 0 Å². The Bertz CT molecular complexity index is 1300. The molecule has 4 heterocycles. The van der Waals surface area contributed by atoms with Crippen LogP contribution in [0.25, 0.3) is 27.9 Å². The first kappa shape index (κ1) is 17.8. The Morgan fingerprint density at radius 1 is 1.21 bits per heavy atom. The van der Waals surface area contributed by atoms with Crippen LogP contribution in [0.15, 0.2) is 51.9 Å². The summed E-state index contributed by atoms with van der Waals surface area (Å²) in [6, 6.07) is 8.54. The Hall–Kier alpha value is -3.26. The number of hydrogen-bond donors (Lipinski definition) is 1. The van der Waals surface area contributed by atoms with Crippen LogP contribution in [0.1, 0.15) is 6.92 Å². The highest BCUT2D eigenvalue weighted by Gasteiger charge is 2.18. The summed E-state index contributed by atoms with van der Waals surface area (Å²) in [5, 5.41) is 4.13. The number of nitrogens with one attached hydrogen (secondary N) is 1. The van der Waals surface area contributed by atoms with Gasteiger partial charge in [0.1, 0.15) is 11.4 Å². The van der Waals surface area contributed by atoms with Gasteiger partial charge < -0.3 is 19.0 Å². The lowest BCUT2D eigenvalue weighted by Crippen LogP contribution is -2.49. The van der Waals surface area contributed by atoms with Gasteiger partial charge in [-0.05, 0) is 25.1 Å². The summed E-state index contributed by atoms with van der Waals surface area (Å²) in [6.45, 7) is 4.77. The average Bonchev–Trinajstić information content (AvgIpc) is 3.11. The molecule has 4 aromatic rings. The van der Waals surface area contributed by atoms with Crippen molar-refractivity contribution < 1.29 is 13.2 Å². The highest BCUT2D eigenvalue weighted by atomic mass is 19.1. The highest BCUT2D eigenvalue weighted by molar-refractivity contribution is 5.84. The minimum atomic E-state index is -0.795. The van der Waals surface area contributed by atoms with Crippen LogP contribution in [0.3, 0.4) is 0 Å². The predicted octanol–water partition coefficient (Wildman–Crippen LogP) is 3.18. The molecule has 1 unspecified atom stereocenters. The van der Waals surface area contributed by atoms with E-state index in [4.69, 9.17) is 4.42 Å². The number of pyridine rings is 1. The summed E-state index contributed by atoms with van der Waals surface area (Å²) < 4.78 is 34.1. The van der Waals surface area contributed by atoms with Crippen LogP contribution >= 0.6 is 0 Å². The molecule has 1 atom stereocenters. The fourth-order valence-electron chi connectivity index (χ4n) is 3.80. The van der Waals surface area contributed by atoms with E-state index in [-0.39, 0.29) is 16.9 Å². The molecule has 6 nitrogen and oxygen atoms in total. The van der Waals surface area contributed by atoms with Crippen molar-refractivity contribution in [2.45, 2.75) is 13.0 Å². The number of halogens is 2. The Morgan fingerprint density at radius 3 is 2.90 bits per heavy atom. The van der Waals surface area contributed by atoms with Gasteiger partial charge >= 0.3 is 5.63 Å². The molecule has 148 valence electrons. The minimum Gasteiger partial charge on any atom is -0.422 e. The Balaban J connectivity index is 1.58. The summed E-state index contributed by atoms with van der Waals surface area (Å²) in [5.41, 5.74) is 1.27. The minimum absolute atomic E-state index is 0.0518. The molecular weight excluding hydrogens is 378 g/mol. The van der Waals surface area contributed by atoms with Crippen LogP contribution in [0.5, 0.6) is 0 Å². The number of nitrogens with zero attached hydrogens (tertiary/aromatic N) is 3. The number of hydrogen-bond acceptors (Lipinski definition) is 5. The van der Waals surface area contributed by atoms with Crippen LogP contribution < -0.4 is 15.8 Å². The third-order valence-electron chi connectivity index (χ3n) is 5.20. The number of imidazole rings is 1. The summed E-state index contributed by atoms with van der Waals surface area (Å²) in [5.74, 6) is -1.52. The first-order chi connectivity index (χ1) is 14.0. The van der Waals surface area contributed by atoms with Crippen LogP contribution in [0.2, 0.25) is 0 Å². The van der Waals surface area contributed by atoms with Crippen molar-refractivity contribution in [2.24, 2.45) is 0 Å². The van der Waals surface area contributed by atoms with E-state index >= 15 is 0 Å². The number of rotatable bonds is 2. The van der Waals surface area contributed by atoms with E-state index in [1.54, 1.807) is 6.07 Å². The van der Waals surface area contributed by atoms with Gasteiger partial charge in [-0.25, -0.2) is 18.6 Å². The average molecular weight is 396 g/mol. The lowest BCUT2D eigenvalue weighted by molar-refractivity contribution is 0.484. The standard InChI is InChI=1S/C21H18F2N4O2/c1-12-9-26(5-4-24-12)15-3-2-13-6-16(21(28)29-19(13)8-15)18-11-27-10-14(22)7-17(23)20(27)25-18/h2-3,6-8,10-12,24H,4-5,9H2,1H3. The monoisotopic (exact) mass is 396 g/mol. The molecule has 0 spiro atoms. The molecule has 0 radical (unpaired) electrons. The zero-order valence-corrected chi connectivity index (χ0v) is 15.7. The normalized spacial score (nSPS) is 17.3. The van der Waals surface area contributed by atoms with Crippen molar-refractivity contribution in [1.29, 1.82) is 0 Å². The molecule has 1 saturated heterocycles. The maximum Gasteiger partial charge on any atom is 0.345 e. The maximum atomic E-state index is 13.9. The molecule has 29 heavy (non-hydrogen) atoms. The van der Waals surface area contributed by atoms with Crippen LogP contribution in [-0.2, 0) is 0 Å². The topological polar surface area (TPSA) is 62.8 Å². The summed E-state index contributed by atoms with van der Waals surface area (Å²) in [7, 11) is 0. The fraction of sp³-hybridized carbons (Fsp3) is 0.238. The molecule has 1 aromatic carbocycles. The van der Waals surface area contributed by atoms with E-state index in [0.717, 1.165) is 43.0 Å². The molecule has 8 heteroatoms. The molecule has 5 rings (SSSR count). The van der Waals surface area contributed by atoms with Gasteiger partial charge in [-0.3, -0.25) is 0 Å². The maximum absolute atomic E-state index is 13.9. The van der Waals surface area contributed by atoms with E-state index < -0.39 is 17.3 Å². The molecule has 0 bridgehead atoms. The smallest absolute Gasteiger partial charge is 0.345 e. The summed E-state index contributed by atoms with van der Waals surface area (Å²) in [4.78, 5) is 19.0. The predicted molar refractivity (Wildman–Crippen MR) is 106 cm³/mol. The molecule has 0 saturated carbocycles.